The molecule has 0 bridgehead atoms. The molecule has 0 fully saturated rings. The maximum absolute atomic E-state index is 12.0. The lowest BCUT2D eigenvalue weighted by Gasteiger charge is -2.12. The van der Waals surface area contributed by atoms with Crippen LogP contribution in [-0.4, -0.2) is 22.9 Å². The van der Waals surface area contributed by atoms with Crippen molar-refractivity contribution in [2.45, 2.75) is 45.6 Å². The predicted molar refractivity (Wildman–Crippen MR) is 86.6 cm³/mol. The number of Topliss-reactive ketones (excluding diaryl/α,β-unsaturated/α-hetero) is 1. The average Bonchev–Trinajstić information content (AvgIpc) is 2.81. The Morgan fingerprint density at radius 2 is 1.64 bits per heavy atom. The molecule has 22 heavy (non-hydrogen) atoms. The highest BCUT2D eigenvalue weighted by Crippen LogP contribution is 2.40. The lowest BCUT2D eigenvalue weighted by Crippen LogP contribution is -2.34. The fourth-order valence-electron chi connectivity index (χ4n) is 2.85. The van der Waals surface area contributed by atoms with E-state index < -0.39 is 12.0 Å². The van der Waals surface area contributed by atoms with Crippen LogP contribution in [0.15, 0.2) is 29.8 Å². The first-order valence-electron chi connectivity index (χ1n) is 7.78. The van der Waals surface area contributed by atoms with Gasteiger partial charge >= 0.3 is 5.97 Å². The summed E-state index contributed by atoms with van der Waals surface area (Å²) in [5, 5.41) is 8.23. The Balaban J connectivity index is 0.000000192. The van der Waals surface area contributed by atoms with Gasteiger partial charge in [0.25, 0.3) is 0 Å². The van der Waals surface area contributed by atoms with Gasteiger partial charge < -0.3 is 10.8 Å². The number of carbonyl (C=O) groups is 2. The highest BCUT2D eigenvalue weighted by Gasteiger charge is 2.29. The maximum Gasteiger partial charge on any atom is 0.320 e. The van der Waals surface area contributed by atoms with Gasteiger partial charge in [0.15, 0.2) is 5.78 Å². The van der Waals surface area contributed by atoms with Gasteiger partial charge in [-0.15, -0.1) is 0 Å². The van der Waals surface area contributed by atoms with Crippen molar-refractivity contribution >= 4 is 17.3 Å². The van der Waals surface area contributed by atoms with Crippen LogP contribution in [-0.2, 0) is 4.79 Å². The zero-order valence-corrected chi connectivity index (χ0v) is 13.1. The molecule has 0 heterocycles. The number of ketones is 1. The van der Waals surface area contributed by atoms with Gasteiger partial charge in [0.2, 0.25) is 0 Å². The number of nitrogens with two attached hydrogens (primary N) is 1. The molecule has 0 aliphatic heterocycles. The van der Waals surface area contributed by atoms with Gasteiger partial charge in [0, 0.05) is 11.1 Å². The second-order valence-electron chi connectivity index (χ2n) is 6.15. The Bertz CT molecular complexity index is 617. The smallest absolute Gasteiger partial charge is 0.320 e. The molecule has 4 heteroatoms. The molecule has 0 unspecified atom stereocenters. The van der Waals surface area contributed by atoms with Gasteiger partial charge in [-0.05, 0) is 42.7 Å². The maximum atomic E-state index is 12.0. The van der Waals surface area contributed by atoms with Crippen LogP contribution in [0.1, 0.15) is 55.5 Å². The van der Waals surface area contributed by atoms with Crippen LogP contribution >= 0.6 is 0 Å². The summed E-state index contributed by atoms with van der Waals surface area (Å²) < 4.78 is 0. The van der Waals surface area contributed by atoms with Gasteiger partial charge in [-0.1, -0.05) is 38.1 Å². The molecule has 0 amide bonds. The van der Waals surface area contributed by atoms with Crippen LogP contribution in [0.4, 0.5) is 0 Å². The third-order valence-corrected chi connectivity index (χ3v) is 4.24. The predicted octanol–water partition coefficient (Wildman–Crippen LogP) is 3.26. The molecule has 0 aromatic heterocycles. The van der Waals surface area contributed by atoms with Crippen molar-refractivity contribution in [3.63, 3.8) is 0 Å². The standard InChI is InChI=1S/C13H12O.C5H11NO2/c14-13-11-7-3-1-5-9(11)10-6-2-4-8-12(10)13;1-3(2)4(6)5(7)8/h1,3,5,7H,2,4,6,8H2;3-4H,6H2,1-2H3,(H,7,8)/t;4-/m.0/s1. The van der Waals surface area contributed by atoms with Gasteiger partial charge in [-0.3, -0.25) is 9.59 Å². The van der Waals surface area contributed by atoms with Crippen LogP contribution in [0.2, 0.25) is 0 Å². The molecule has 3 rings (SSSR count). The van der Waals surface area contributed by atoms with Gasteiger partial charge in [0.1, 0.15) is 6.04 Å². The molecule has 1 aromatic carbocycles. The number of fused-ring (bicyclic) bond motifs is 2. The van der Waals surface area contributed by atoms with E-state index in [9.17, 15) is 9.59 Å². The Morgan fingerprint density at radius 3 is 2.14 bits per heavy atom. The zero-order chi connectivity index (χ0) is 16.3. The molecule has 1 aromatic rings. The largest absolute Gasteiger partial charge is 0.480 e. The van der Waals surface area contributed by atoms with E-state index in [1.54, 1.807) is 13.8 Å². The van der Waals surface area contributed by atoms with Crippen LogP contribution in [0, 0.1) is 5.92 Å². The number of carboxylic acid groups (broad SMARTS) is 1. The summed E-state index contributed by atoms with van der Waals surface area (Å²) in [5.41, 5.74) is 9.72. The van der Waals surface area contributed by atoms with E-state index in [4.69, 9.17) is 10.8 Å². The van der Waals surface area contributed by atoms with Crippen molar-refractivity contribution in [2.24, 2.45) is 11.7 Å². The molecule has 1 atom stereocenters. The van der Waals surface area contributed by atoms with E-state index in [1.165, 1.54) is 24.0 Å². The first-order valence-corrected chi connectivity index (χ1v) is 7.78. The quantitative estimate of drug-likeness (QED) is 0.878. The second kappa shape index (κ2) is 6.88. The number of hydrogen-bond acceptors (Lipinski definition) is 3. The zero-order valence-electron chi connectivity index (χ0n) is 13.1. The summed E-state index contributed by atoms with van der Waals surface area (Å²) in [4.78, 5) is 22.0. The molecule has 0 saturated heterocycles. The molecular formula is C18H23NO3. The van der Waals surface area contributed by atoms with Crippen molar-refractivity contribution < 1.29 is 14.7 Å². The highest BCUT2D eigenvalue weighted by atomic mass is 16.4. The van der Waals surface area contributed by atoms with Gasteiger partial charge in [-0.25, -0.2) is 0 Å². The first kappa shape index (κ1) is 16.4. The fourth-order valence-corrected chi connectivity index (χ4v) is 2.85. The molecular weight excluding hydrogens is 278 g/mol. The fraction of sp³-hybridized carbons (Fsp3) is 0.444. The number of carbonyl (C=O) groups excluding carboxylic acids is 1. The van der Waals surface area contributed by atoms with E-state index in [1.807, 2.05) is 18.2 Å². The second-order valence-corrected chi connectivity index (χ2v) is 6.15. The highest BCUT2D eigenvalue weighted by molar-refractivity contribution is 6.20. The van der Waals surface area contributed by atoms with Crippen LogP contribution in [0.3, 0.4) is 0 Å². The lowest BCUT2D eigenvalue weighted by atomic mass is 9.92. The molecule has 118 valence electrons. The molecule has 3 N–H and O–H groups in total. The Hall–Kier alpha value is -1.94. The topological polar surface area (TPSA) is 80.4 Å². The molecule has 0 saturated carbocycles. The Kier molecular flexibility index (Phi) is 5.14. The van der Waals surface area contributed by atoms with E-state index >= 15 is 0 Å². The number of carboxylic acids is 1. The van der Waals surface area contributed by atoms with Crippen molar-refractivity contribution in [1.82, 2.24) is 0 Å². The minimum atomic E-state index is -0.931. The minimum Gasteiger partial charge on any atom is -0.480 e. The summed E-state index contributed by atoms with van der Waals surface area (Å²) in [6.07, 6.45) is 4.50. The minimum absolute atomic E-state index is 0.0208. The molecule has 0 spiro atoms. The number of rotatable bonds is 2. The summed E-state index contributed by atoms with van der Waals surface area (Å²) in [6, 6.07) is 7.30. The van der Waals surface area contributed by atoms with Gasteiger partial charge in [-0.2, -0.15) is 0 Å². The summed E-state index contributed by atoms with van der Waals surface area (Å²) >= 11 is 0. The van der Waals surface area contributed by atoms with Crippen molar-refractivity contribution in [2.75, 3.05) is 0 Å². The van der Waals surface area contributed by atoms with E-state index in [0.29, 0.717) is 0 Å². The van der Waals surface area contributed by atoms with Gasteiger partial charge in [0.05, 0.1) is 0 Å². The molecule has 2 aliphatic rings. The molecule has 4 nitrogen and oxygen atoms in total. The van der Waals surface area contributed by atoms with Crippen molar-refractivity contribution in [3.05, 3.63) is 41.0 Å². The molecule has 0 radical (unpaired) electrons. The third kappa shape index (κ3) is 3.28. The SMILES string of the molecule is CC(C)[C@H](N)C(=O)O.O=C1C2=C(CCCC2)c2ccccc21. The Labute approximate surface area is 131 Å². The summed E-state index contributed by atoms with van der Waals surface area (Å²) in [6.45, 7) is 3.55. The van der Waals surface area contributed by atoms with Crippen molar-refractivity contribution in [3.8, 4) is 0 Å². The van der Waals surface area contributed by atoms with E-state index in [-0.39, 0.29) is 11.7 Å². The average molecular weight is 301 g/mol. The molecule has 2 aliphatic carbocycles. The Morgan fingerprint density at radius 1 is 1.09 bits per heavy atom. The lowest BCUT2D eigenvalue weighted by molar-refractivity contribution is -0.139. The summed E-state index contributed by atoms with van der Waals surface area (Å²) in [5.74, 6) is -0.622. The number of aliphatic carboxylic acids is 1. The first-order chi connectivity index (χ1) is 10.4. The van der Waals surface area contributed by atoms with E-state index in [2.05, 4.69) is 6.07 Å². The van der Waals surface area contributed by atoms with Crippen molar-refractivity contribution in [1.29, 1.82) is 0 Å². The number of benzene rings is 1. The summed E-state index contributed by atoms with van der Waals surface area (Å²) in [7, 11) is 0. The number of allylic oxidation sites excluding steroid dienone is 2. The third-order valence-electron chi connectivity index (χ3n) is 4.24. The normalized spacial score (nSPS) is 17.5. The van der Waals surface area contributed by atoms with Crippen LogP contribution in [0.5, 0.6) is 0 Å². The monoisotopic (exact) mass is 301 g/mol. The van der Waals surface area contributed by atoms with E-state index in [0.717, 1.165) is 24.0 Å². The van der Waals surface area contributed by atoms with Crippen LogP contribution < -0.4 is 5.73 Å². The van der Waals surface area contributed by atoms with Crippen LogP contribution in [0.25, 0.3) is 5.57 Å². The number of hydrogen-bond donors (Lipinski definition) is 2.